The standard InChI is InChI=1S/C23H30N4O4S2/c24-33(30,31)25-20-13-15-26(16-14-20)23(28)19-11-12-22(18-7-3-1-4-8-18)27(17-19)32(29)21-9-5-2-6-10-21/h1-10,19-20,22,25H,11-17H2,(H2,24,30,31). The summed E-state index contributed by atoms with van der Waals surface area (Å²) in [6.45, 7) is 1.37. The molecule has 10 heteroatoms. The number of likely N-dealkylation sites (tertiary alicyclic amines) is 1. The number of nitrogens with zero attached hydrogens (tertiary/aromatic N) is 2. The third-order valence-corrected chi connectivity index (χ3v) is 8.53. The van der Waals surface area contributed by atoms with Crippen molar-refractivity contribution in [3.05, 3.63) is 66.2 Å². The summed E-state index contributed by atoms with van der Waals surface area (Å²) in [5.74, 6) is -0.203. The summed E-state index contributed by atoms with van der Waals surface area (Å²) in [7, 11) is -5.14. The zero-order valence-corrected chi connectivity index (χ0v) is 20.0. The lowest BCUT2D eigenvalue weighted by atomic mass is 9.89. The van der Waals surface area contributed by atoms with Crippen molar-refractivity contribution in [2.75, 3.05) is 19.6 Å². The highest BCUT2D eigenvalue weighted by Gasteiger charge is 2.38. The SMILES string of the molecule is NS(=O)(=O)NC1CCN(C(=O)C2CCC(c3ccccc3)N(S(=O)c3ccccc3)C2)CC1. The normalized spacial score (nSPS) is 23.8. The van der Waals surface area contributed by atoms with Gasteiger partial charge in [-0.3, -0.25) is 4.79 Å². The quantitative estimate of drug-likeness (QED) is 0.644. The Bertz CT molecular complexity index is 1070. The van der Waals surface area contributed by atoms with E-state index in [1.54, 1.807) is 4.90 Å². The lowest BCUT2D eigenvalue weighted by Crippen LogP contribution is -2.51. The van der Waals surface area contributed by atoms with Gasteiger partial charge < -0.3 is 4.90 Å². The van der Waals surface area contributed by atoms with Crippen LogP contribution in [0.25, 0.3) is 0 Å². The summed E-state index contributed by atoms with van der Waals surface area (Å²) in [5.41, 5.74) is 1.10. The van der Waals surface area contributed by atoms with Gasteiger partial charge in [-0.15, -0.1) is 0 Å². The molecule has 2 aromatic carbocycles. The number of hydrogen-bond donors (Lipinski definition) is 2. The van der Waals surface area contributed by atoms with Crippen molar-refractivity contribution in [1.29, 1.82) is 0 Å². The topological polar surface area (TPSA) is 113 Å². The molecule has 33 heavy (non-hydrogen) atoms. The van der Waals surface area contributed by atoms with Gasteiger partial charge in [-0.25, -0.2) is 13.7 Å². The molecule has 2 aromatic rings. The van der Waals surface area contributed by atoms with E-state index in [4.69, 9.17) is 5.14 Å². The van der Waals surface area contributed by atoms with Crippen LogP contribution in [-0.2, 0) is 26.0 Å². The van der Waals surface area contributed by atoms with E-state index in [1.165, 1.54) is 0 Å². The van der Waals surface area contributed by atoms with Crippen LogP contribution in [0.4, 0.5) is 0 Å². The number of piperidine rings is 2. The van der Waals surface area contributed by atoms with Crippen molar-refractivity contribution in [2.45, 2.75) is 42.7 Å². The molecule has 0 bridgehead atoms. The summed E-state index contributed by atoms with van der Waals surface area (Å²) in [5, 5.41) is 5.08. The zero-order chi connectivity index (χ0) is 23.4. The van der Waals surface area contributed by atoms with Crippen LogP contribution in [0.1, 0.15) is 37.3 Å². The van der Waals surface area contributed by atoms with Crippen LogP contribution in [0.5, 0.6) is 0 Å². The fourth-order valence-corrected chi connectivity index (χ4v) is 6.85. The van der Waals surface area contributed by atoms with Gasteiger partial charge in [0.2, 0.25) is 5.91 Å². The second-order valence-electron chi connectivity index (χ2n) is 8.63. The number of carbonyl (C=O) groups is 1. The molecule has 8 nitrogen and oxygen atoms in total. The van der Waals surface area contributed by atoms with Crippen molar-refractivity contribution < 1.29 is 17.4 Å². The highest BCUT2D eigenvalue weighted by Crippen LogP contribution is 2.37. The number of nitrogens with two attached hydrogens (primary N) is 1. The molecule has 3 N–H and O–H groups in total. The fraction of sp³-hybridized carbons (Fsp3) is 0.435. The van der Waals surface area contributed by atoms with E-state index in [1.807, 2.05) is 65.0 Å². The Morgan fingerprint density at radius 3 is 2.15 bits per heavy atom. The third kappa shape index (κ3) is 6.07. The second kappa shape index (κ2) is 10.4. The molecular formula is C23H30N4O4S2. The molecule has 4 rings (SSSR count). The van der Waals surface area contributed by atoms with Gasteiger partial charge in [0.05, 0.1) is 10.8 Å². The van der Waals surface area contributed by atoms with Crippen molar-refractivity contribution in [3.63, 3.8) is 0 Å². The molecular weight excluding hydrogens is 460 g/mol. The van der Waals surface area contributed by atoms with Crippen molar-refractivity contribution in [2.24, 2.45) is 11.1 Å². The Morgan fingerprint density at radius 1 is 0.939 bits per heavy atom. The second-order valence-corrected chi connectivity index (χ2v) is 11.4. The Morgan fingerprint density at radius 2 is 1.55 bits per heavy atom. The maximum absolute atomic E-state index is 13.5. The molecule has 0 aliphatic carbocycles. The summed E-state index contributed by atoms with van der Waals surface area (Å²) >= 11 is 0. The van der Waals surface area contributed by atoms with Gasteiger partial charge in [0.25, 0.3) is 10.2 Å². The van der Waals surface area contributed by atoms with Crippen LogP contribution in [0.3, 0.4) is 0 Å². The van der Waals surface area contributed by atoms with Crippen LogP contribution in [0.15, 0.2) is 65.6 Å². The van der Waals surface area contributed by atoms with Crippen LogP contribution >= 0.6 is 0 Å². The Hall–Kier alpha value is -2.11. The Balaban J connectivity index is 1.47. The van der Waals surface area contributed by atoms with E-state index >= 15 is 0 Å². The van der Waals surface area contributed by atoms with E-state index in [-0.39, 0.29) is 23.9 Å². The molecule has 0 radical (unpaired) electrons. The van der Waals surface area contributed by atoms with E-state index in [0.717, 1.165) is 23.3 Å². The highest BCUT2D eigenvalue weighted by molar-refractivity contribution is 7.87. The molecule has 0 saturated carbocycles. The highest BCUT2D eigenvalue weighted by atomic mass is 32.2. The molecule has 3 atom stereocenters. The minimum absolute atomic E-state index is 0.0269. The molecule has 1 amide bonds. The predicted molar refractivity (Wildman–Crippen MR) is 127 cm³/mol. The van der Waals surface area contributed by atoms with Gasteiger partial charge in [0.1, 0.15) is 11.0 Å². The van der Waals surface area contributed by atoms with Crippen LogP contribution in [0, 0.1) is 5.92 Å². The molecule has 2 aliphatic rings. The number of rotatable bonds is 6. The van der Waals surface area contributed by atoms with Crippen LogP contribution in [-0.4, -0.2) is 53.4 Å². The fourth-order valence-electron chi connectivity index (χ4n) is 4.71. The van der Waals surface area contributed by atoms with E-state index < -0.39 is 21.2 Å². The van der Waals surface area contributed by atoms with Gasteiger partial charge in [-0.2, -0.15) is 13.1 Å². The van der Waals surface area contributed by atoms with Gasteiger partial charge >= 0.3 is 0 Å². The predicted octanol–water partition coefficient (Wildman–Crippen LogP) is 1.95. The van der Waals surface area contributed by atoms with Crippen LogP contribution in [0.2, 0.25) is 0 Å². The largest absolute Gasteiger partial charge is 0.342 e. The monoisotopic (exact) mass is 490 g/mol. The van der Waals surface area contributed by atoms with Gasteiger partial charge in [-0.1, -0.05) is 48.5 Å². The first kappa shape index (κ1) is 24.0. The Kier molecular flexibility index (Phi) is 7.60. The van der Waals surface area contributed by atoms with Gasteiger partial charge in [0.15, 0.2) is 0 Å². The molecule has 2 saturated heterocycles. The molecule has 0 aromatic heterocycles. The summed E-state index contributed by atoms with van der Waals surface area (Å²) in [6.07, 6.45) is 2.51. The first-order valence-electron chi connectivity index (χ1n) is 11.2. The first-order valence-corrected chi connectivity index (χ1v) is 13.8. The summed E-state index contributed by atoms with van der Waals surface area (Å²) in [6, 6.07) is 19.1. The molecule has 2 heterocycles. The molecule has 178 valence electrons. The maximum Gasteiger partial charge on any atom is 0.274 e. The zero-order valence-electron chi connectivity index (χ0n) is 18.4. The van der Waals surface area contributed by atoms with Crippen molar-refractivity contribution in [1.82, 2.24) is 13.9 Å². The smallest absolute Gasteiger partial charge is 0.274 e. The Labute approximate surface area is 197 Å². The van der Waals surface area contributed by atoms with E-state index in [0.29, 0.717) is 32.5 Å². The number of benzene rings is 2. The molecule has 3 unspecified atom stereocenters. The third-order valence-electron chi connectivity index (χ3n) is 6.37. The van der Waals surface area contributed by atoms with E-state index in [2.05, 4.69) is 4.72 Å². The first-order chi connectivity index (χ1) is 15.8. The molecule has 2 fully saturated rings. The molecule has 0 spiro atoms. The van der Waals surface area contributed by atoms with Gasteiger partial charge in [-0.05, 0) is 43.4 Å². The minimum atomic E-state index is -3.75. The minimum Gasteiger partial charge on any atom is -0.342 e. The molecule has 2 aliphatic heterocycles. The van der Waals surface area contributed by atoms with Crippen LogP contribution < -0.4 is 9.86 Å². The number of nitrogens with one attached hydrogen (secondary N) is 1. The average Bonchev–Trinajstić information content (AvgIpc) is 2.83. The average molecular weight is 491 g/mol. The number of carbonyl (C=O) groups excluding carboxylic acids is 1. The number of amides is 1. The van der Waals surface area contributed by atoms with Crippen molar-refractivity contribution in [3.8, 4) is 0 Å². The van der Waals surface area contributed by atoms with Gasteiger partial charge in [0, 0.05) is 31.7 Å². The van der Waals surface area contributed by atoms with Crippen molar-refractivity contribution >= 4 is 27.1 Å². The maximum atomic E-state index is 13.5. The summed E-state index contributed by atoms with van der Waals surface area (Å²) < 4.78 is 40.5. The summed E-state index contributed by atoms with van der Waals surface area (Å²) in [4.78, 5) is 15.9. The lowest BCUT2D eigenvalue weighted by Gasteiger charge is -2.41. The lowest BCUT2D eigenvalue weighted by molar-refractivity contribution is -0.138. The number of hydrogen-bond acceptors (Lipinski definition) is 4. The van der Waals surface area contributed by atoms with E-state index in [9.17, 15) is 17.4 Å².